The Bertz CT molecular complexity index is 450. The smallest absolute Gasteiger partial charge is 0.165 e. The predicted molar refractivity (Wildman–Crippen MR) is 71.4 cm³/mol. The Morgan fingerprint density at radius 1 is 1.11 bits per heavy atom. The number of hydrogen-bond acceptors (Lipinski definition) is 3. The van der Waals surface area contributed by atoms with Gasteiger partial charge >= 0.3 is 0 Å². The number of hydrogen-bond donors (Lipinski definition) is 1. The number of rotatable bonds is 2. The summed E-state index contributed by atoms with van der Waals surface area (Å²) in [5.74, 6) is 1.88. The molecular formula is C15H21NO2. The molecule has 1 fully saturated rings. The summed E-state index contributed by atoms with van der Waals surface area (Å²) in [5, 5.41) is 0. The van der Waals surface area contributed by atoms with Gasteiger partial charge in [-0.15, -0.1) is 0 Å². The van der Waals surface area contributed by atoms with Crippen LogP contribution in [-0.4, -0.2) is 19.8 Å². The van der Waals surface area contributed by atoms with Crippen molar-refractivity contribution in [3.63, 3.8) is 0 Å². The molecule has 18 heavy (non-hydrogen) atoms. The minimum Gasteiger partial charge on any atom is -0.486 e. The van der Waals surface area contributed by atoms with Gasteiger partial charge in [0, 0.05) is 17.5 Å². The molecule has 1 aromatic carbocycles. The summed E-state index contributed by atoms with van der Waals surface area (Å²) >= 11 is 0. The third kappa shape index (κ3) is 1.69. The third-order valence-corrected chi connectivity index (χ3v) is 4.41. The van der Waals surface area contributed by atoms with E-state index in [2.05, 4.69) is 19.1 Å². The molecule has 2 aliphatic rings. The monoisotopic (exact) mass is 247 g/mol. The van der Waals surface area contributed by atoms with Gasteiger partial charge in [-0.25, -0.2) is 0 Å². The number of nitrogens with two attached hydrogens (primary N) is 1. The lowest BCUT2D eigenvalue weighted by Crippen LogP contribution is -2.33. The third-order valence-electron chi connectivity index (χ3n) is 4.41. The largest absolute Gasteiger partial charge is 0.486 e. The molecule has 0 unspecified atom stereocenters. The number of fused-ring (bicyclic) bond motifs is 1. The van der Waals surface area contributed by atoms with Crippen molar-refractivity contribution >= 4 is 0 Å². The molecule has 0 spiro atoms. The average Bonchev–Trinajstić information content (AvgIpc) is 2.89. The first-order valence-corrected chi connectivity index (χ1v) is 6.87. The van der Waals surface area contributed by atoms with Crippen molar-refractivity contribution in [1.82, 2.24) is 0 Å². The Hall–Kier alpha value is -1.22. The van der Waals surface area contributed by atoms with E-state index in [1.165, 1.54) is 31.2 Å². The minimum absolute atomic E-state index is 0.110. The van der Waals surface area contributed by atoms with Crippen molar-refractivity contribution in [2.75, 3.05) is 19.8 Å². The van der Waals surface area contributed by atoms with E-state index in [1.54, 1.807) is 0 Å². The van der Waals surface area contributed by atoms with Crippen molar-refractivity contribution in [1.29, 1.82) is 0 Å². The maximum Gasteiger partial charge on any atom is 0.165 e. The standard InChI is InChI=1S/C15H21NO2/c1-11-4-5-12(14-13(11)17-8-9-18-14)15(10-16)6-2-3-7-15/h4-5H,2-3,6-10,16H2,1H3. The second-order valence-electron chi connectivity index (χ2n) is 5.48. The van der Waals surface area contributed by atoms with Crippen LogP contribution in [0, 0.1) is 6.92 Å². The van der Waals surface area contributed by atoms with Crippen LogP contribution in [0.3, 0.4) is 0 Å². The normalized spacial score (nSPS) is 21.0. The number of aryl methyl sites for hydroxylation is 1. The van der Waals surface area contributed by atoms with Crippen LogP contribution in [0.5, 0.6) is 11.5 Å². The van der Waals surface area contributed by atoms with Crippen LogP contribution < -0.4 is 15.2 Å². The first-order chi connectivity index (χ1) is 8.77. The molecule has 0 radical (unpaired) electrons. The molecule has 0 aromatic heterocycles. The molecule has 2 N–H and O–H groups in total. The van der Waals surface area contributed by atoms with Crippen molar-refractivity contribution in [3.8, 4) is 11.5 Å². The molecule has 0 saturated heterocycles. The van der Waals surface area contributed by atoms with Crippen LogP contribution in [0.25, 0.3) is 0 Å². The summed E-state index contributed by atoms with van der Waals surface area (Å²) in [6, 6.07) is 4.33. The van der Waals surface area contributed by atoms with Crippen molar-refractivity contribution < 1.29 is 9.47 Å². The van der Waals surface area contributed by atoms with Gasteiger partial charge in [-0.3, -0.25) is 0 Å². The van der Waals surface area contributed by atoms with Gasteiger partial charge in [-0.2, -0.15) is 0 Å². The van der Waals surface area contributed by atoms with Crippen molar-refractivity contribution in [2.45, 2.75) is 38.0 Å². The highest BCUT2D eigenvalue weighted by molar-refractivity contribution is 5.55. The first-order valence-electron chi connectivity index (χ1n) is 6.87. The fraction of sp³-hybridized carbons (Fsp3) is 0.600. The van der Waals surface area contributed by atoms with Gasteiger partial charge in [0.05, 0.1) is 0 Å². The molecular weight excluding hydrogens is 226 g/mol. The lowest BCUT2D eigenvalue weighted by Gasteiger charge is -2.32. The van der Waals surface area contributed by atoms with E-state index in [0.717, 1.165) is 17.1 Å². The zero-order valence-corrected chi connectivity index (χ0v) is 11.0. The Kier molecular flexibility index (Phi) is 2.94. The molecule has 1 heterocycles. The van der Waals surface area contributed by atoms with E-state index in [9.17, 15) is 0 Å². The summed E-state index contributed by atoms with van der Waals surface area (Å²) in [7, 11) is 0. The van der Waals surface area contributed by atoms with Crippen LogP contribution >= 0.6 is 0 Å². The van der Waals surface area contributed by atoms with E-state index in [0.29, 0.717) is 19.8 Å². The molecule has 98 valence electrons. The van der Waals surface area contributed by atoms with E-state index in [-0.39, 0.29) is 5.41 Å². The zero-order valence-electron chi connectivity index (χ0n) is 11.0. The van der Waals surface area contributed by atoms with Crippen molar-refractivity contribution in [2.24, 2.45) is 5.73 Å². The summed E-state index contributed by atoms with van der Waals surface area (Å²) < 4.78 is 11.7. The SMILES string of the molecule is Cc1ccc(C2(CN)CCCC2)c2c1OCCO2. The van der Waals surface area contributed by atoms with Crippen LogP contribution in [0.15, 0.2) is 12.1 Å². The summed E-state index contributed by atoms with van der Waals surface area (Å²) in [6.07, 6.45) is 4.87. The van der Waals surface area contributed by atoms with Crippen LogP contribution in [0.2, 0.25) is 0 Å². The second kappa shape index (κ2) is 4.47. The van der Waals surface area contributed by atoms with E-state index in [4.69, 9.17) is 15.2 Å². The lowest BCUT2D eigenvalue weighted by atomic mass is 9.78. The Morgan fingerprint density at radius 2 is 1.78 bits per heavy atom. The van der Waals surface area contributed by atoms with Crippen LogP contribution in [-0.2, 0) is 5.41 Å². The molecule has 3 rings (SSSR count). The van der Waals surface area contributed by atoms with Crippen LogP contribution in [0.1, 0.15) is 36.8 Å². The molecule has 1 aliphatic heterocycles. The number of benzene rings is 1. The number of ether oxygens (including phenoxy) is 2. The Labute approximate surface area is 108 Å². The average molecular weight is 247 g/mol. The fourth-order valence-corrected chi connectivity index (χ4v) is 3.32. The van der Waals surface area contributed by atoms with Gasteiger partial charge in [0.25, 0.3) is 0 Å². The summed E-state index contributed by atoms with van der Waals surface area (Å²) in [4.78, 5) is 0. The lowest BCUT2D eigenvalue weighted by molar-refractivity contribution is 0.165. The predicted octanol–water partition coefficient (Wildman–Crippen LogP) is 2.54. The maximum absolute atomic E-state index is 6.08. The molecule has 1 aliphatic carbocycles. The van der Waals surface area contributed by atoms with Gasteiger partial charge in [0.2, 0.25) is 0 Å². The fourth-order valence-electron chi connectivity index (χ4n) is 3.32. The highest BCUT2D eigenvalue weighted by Gasteiger charge is 2.38. The molecule has 3 heteroatoms. The molecule has 3 nitrogen and oxygen atoms in total. The topological polar surface area (TPSA) is 44.5 Å². The highest BCUT2D eigenvalue weighted by Crippen LogP contribution is 2.48. The van der Waals surface area contributed by atoms with Crippen molar-refractivity contribution in [3.05, 3.63) is 23.3 Å². The first kappa shape index (κ1) is 11.8. The van der Waals surface area contributed by atoms with Gasteiger partial charge in [0.15, 0.2) is 11.5 Å². The van der Waals surface area contributed by atoms with E-state index < -0.39 is 0 Å². The molecule has 0 amide bonds. The van der Waals surface area contributed by atoms with Gasteiger partial charge in [0.1, 0.15) is 13.2 Å². The molecule has 0 bridgehead atoms. The quantitative estimate of drug-likeness (QED) is 0.873. The minimum atomic E-state index is 0.110. The van der Waals surface area contributed by atoms with Gasteiger partial charge in [-0.1, -0.05) is 25.0 Å². The zero-order chi connectivity index (χ0) is 12.6. The van der Waals surface area contributed by atoms with E-state index in [1.807, 2.05) is 0 Å². The second-order valence-corrected chi connectivity index (χ2v) is 5.48. The van der Waals surface area contributed by atoms with Gasteiger partial charge in [-0.05, 0) is 25.3 Å². The highest BCUT2D eigenvalue weighted by atomic mass is 16.6. The molecule has 0 atom stereocenters. The molecule has 1 saturated carbocycles. The van der Waals surface area contributed by atoms with E-state index >= 15 is 0 Å². The Morgan fingerprint density at radius 3 is 2.44 bits per heavy atom. The Balaban J connectivity index is 2.11. The maximum atomic E-state index is 6.08. The summed E-state index contributed by atoms with van der Waals surface area (Å²) in [6.45, 7) is 4.06. The summed E-state index contributed by atoms with van der Waals surface area (Å²) in [5.41, 5.74) is 8.60. The van der Waals surface area contributed by atoms with Crippen LogP contribution in [0.4, 0.5) is 0 Å². The van der Waals surface area contributed by atoms with Gasteiger partial charge < -0.3 is 15.2 Å². The molecule has 1 aromatic rings.